The van der Waals surface area contributed by atoms with Crippen molar-refractivity contribution in [1.29, 1.82) is 0 Å². The number of sulfone groups is 1. The zero-order valence-electron chi connectivity index (χ0n) is 13.5. The monoisotopic (exact) mass is 380 g/mol. The van der Waals surface area contributed by atoms with Crippen molar-refractivity contribution in [2.24, 2.45) is 0 Å². The number of hydrogen-bond acceptors (Lipinski definition) is 5. The van der Waals surface area contributed by atoms with Gasteiger partial charge < -0.3 is 5.32 Å². The van der Waals surface area contributed by atoms with Crippen molar-refractivity contribution >= 4 is 32.8 Å². The Morgan fingerprint density at radius 2 is 1.88 bits per heavy atom. The number of anilines is 1. The Bertz CT molecular complexity index is 939. The molecule has 0 spiro atoms. The third kappa shape index (κ3) is 3.48. The van der Waals surface area contributed by atoms with Gasteiger partial charge in [-0.05, 0) is 36.6 Å². The zero-order chi connectivity index (χ0) is 18.2. The minimum Gasteiger partial charge on any atom is -0.379 e. The molecule has 0 aliphatic heterocycles. The molecule has 0 aromatic heterocycles. The first kappa shape index (κ1) is 17.7. The molecule has 1 fully saturated rings. The van der Waals surface area contributed by atoms with Crippen LogP contribution in [0.2, 0.25) is 5.02 Å². The normalized spacial score (nSPS) is 15.6. The van der Waals surface area contributed by atoms with E-state index in [2.05, 4.69) is 5.32 Å². The summed E-state index contributed by atoms with van der Waals surface area (Å²) in [4.78, 5) is 10.5. The van der Waals surface area contributed by atoms with Gasteiger partial charge in [0.2, 0.25) is 0 Å². The lowest BCUT2D eigenvalue weighted by molar-refractivity contribution is -0.386. The molecule has 0 unspecified atom stereocenters. The van der Waals surface area contributed by atoms with Crippen LogP contribution >= 0.6 is 11.6 Å². The van der Waals surface area contributed by atoms with Gasteiger partial charge in [-0.15, -0.1) is 0 Å². The maximum atomic E-state index is 11.8. The number of nitrogens with one attached hydrogen (secondary N) is 1. The highest BCUT2D eigenvalue weighted by Crippen LogP contribution is 2.50. The van der Waals surface area contributed by atoms with Gasteiger partial charge in [0.05, 0.1) is 4.92 Å². The Morgan fingerprint density at radius 3 is 2.44 bits per heavy atom. The fourth-order valence-corrected chi connectivity index (χ4v) is 4.20. The fraction of sp³-hybridized carbons (Fsp3) is 0.294. The second kappa shape index (κ2) is 6.31. The van der Waals surface area contributed by atoms with Crippen molar-refractivity contribution < 1.29 is 13.3 Å². The van der Waals surface area contributed by atoms with E-state index in [0.717, 1.165) is 24.7 Å². The average molecular weight is 381 g/mol. The van der Waals surface area contributed by atoms with Gasteiger partial charge in [-0.3, -0.25) is 10.1 Å². The first-order valence-electron chi connectivity index (χ1n) is 7.71. The summed E-state index contributed by atoms with van der Waals surface area (Å²) in [5.74, 6) is 0. The van der Waals surface area contributed by atoms with E-state index < -0.39 is 20.4 Å². The molecule has 2 aromatic carbocycles. The largest absolute Gasteiger partial charge is 0.379 e. The molecule has 1 N–H and O–H groups in total. The highest BCUT2D eigenvalue weighted by Gasteiger charge is 2.45. The molecular weight excluding hydrogens is 364 g/mol. The summed E-state index contributed by atoms with van der Waals surface area (Å²) in [6, 6.07) is 11.8. The van der Waals surface area contributed by atoms with Crippen LogP contribution in [0.1, 0.15) is 18.4 Å². The Balaban J connectivity index is 1.92. The Morgan fingerprint density at radius 1 is 1.20 bits per heavy atom. The molecule has 132 valence electrons. The molecule has 8 heteroatoms. The topological polar surface area (TPSA) is 89.3 Å². The van der Waals surface area contributed by atoms with Crippen LogP contribution < -0.4 is 5.32 Å². The molecule has 6 nitrogen and oxygen atoms in total. The van der Waals surface area contributed by atoms with Gasteiger partial charge in [-0.1, -0.05) is 35.9 Å². The minimum absolute atomic E-state index is 0.173. The van der Waals surface area contributed by atoms with Gasteiger partial charge in [0, 0.05) is 23.2 Å². The van der Waals surface area contributed by atoms with E-state index in [-0.39, 0.29) is 16.0 Å². The van der Waals surface area contributed by atoms with Gasteiger partial charge in [-0.2, -0.15) is 0 Å². The van der Waals surface area contributed by atoms with Crippen LogP contribution in [0.4, 0.5) is 11.4 Å². The lowest BCUT2D eigenvalue weighted by Crippen LogP contribution is -2.21. The van der Waals surface area contributed by atoms with Gasteiger partial charge in [0.15, 0.2) is 9.84 Å². The van der Waals surface area contributed by atoms with Crippen LogP contribution in [0, 0.1) is 10.1 Å². The molecule has 0 radical (unpaired) electrons. The highest BCUT2D eigenvalue weighted by atomic mass is 35.5. The third-order valence-electron chi connectivity index (χ3n) is 4.50. The molecule has 0 saturated heterocycles. The number of rotatable bonds is 6. The number of para-hydroxylation sites is 1. The van der Waals surface area contributed by atoms with Crippen molar-refractivity contribution in [2.75, 3.05) is 18.1 Å². The fourth-order valence-electron chi connectivity index (χ4n) is 3.00. The van der Waals surface area contributed by atoms with Crippen molar-refractivity contribution in [2.45, 2.75) is 23.2 Å². The number of nitro groups is 1. The van der Waals surface area contributed by atoms with Gasteiger partial charge in [0.1, 0.15) is 10.6 Å². The van der Waals surface area contributed by atoms with Crippen molar-refractivity contribution in [3.05, 3.63) is 63.2 Å². The van der Waals surface area contributed by atoms with E-state index in [1.165, 1.54) is 18.2 Å². The van der Waals surface area contributed by atoms with Gasteiger partial charge in [0.25, 0.3) is 0 Å². The smallest absolute Gasteiger partial charge is 0.310 e. The van der Waals surface area contributed by atoms with E-state index in [0.29, 0.717) is 11.6 Å². The van der Waals surface area contributed by atoms with Gasteiger partial charge in [-0.25, -0.2) is 8.42 Å². The molecular formula is C17H17ClN2O4S. The van der Waals surface area contributed by atoms with Crippen molar-refractivity contribution in [3.63, 3.8) is 0 Å². The minimum atomic E-state index is -3.70. The van der Waals surface area contributed by atoms with Crippen LogP contribution in [0.5, 0.6) is 0 Å². The third-order valence-corrected chi connectivity index (χ3v) is 5.96. The van der Waals surface area contributed by atoms with E-state index in [1.807, 2.05) is 24.3 Å². The maximum absolute atomic E-state index is 11.8. The Labute approximate surface area is 150 Å². The Kier molecular flexibility index (Phi) is 4.47. The van der Waals surface area contributed by atoms with E-state index >= 15 is 0 Å². The molecule has 1 aliphatic carbocycles. The summed E-state index contributed by atoms with van der Waals surface area (Å²) in [7, 11) is -3.70. The molecule has 0 heterocycles. The molecule has 0 atom stereocenters. The predicted molar refractivity (Wildman–Crippen MR) is 97.1 cm³/mol. The quantitative estimate of drug-likeness (QED) is 0.608. The molecule has 3 rings (SSSR count). The Hall–Kier alpha value is -2.12. The maximum Gasteiger partial charge on any atom is 0.310 e. The van der Waals surface area contributed by atoms with Crippen LogP contribution in [-0.2, 0) is 15.3 Å². The molecule has 1 saturated carbocycles. The molecule has 2 aromatic rings. The summed E-state index contributed by atoms with van der Waals surface area (Å²) in [6.07, 6.45) is 2.80. The first-order chi connectivity index (χ1) is 11.7. The summed E-state index contributed by atoms with van der Waals surface area (Å²) in [6.45, 7) is 0.449. The molecule has 0 bridgehead atoms. The zero-order valence-corrected chi connectivity index (χ0v) is 15.1. The standard InChI is InChI=1S/C17H17ClN2O4S/c1-25(23,24)15-8-4-7-14(16(15)20(21)22)19-11-17(9-10-17)12-5-2-3-6-13(12)18/h2-8,19H,9-11H2,1H3. The summed E-state index contributed by atoms with van der Waals surface area (Å²) in [5, 5.41) is 15.2. The highest BCUT2D eigenvalue weighted by molar-refractivity contribution is 7.90. The van der Waals surface area contributed by atoms with Crippen LogP contribution in [0.3, 0.4) is 0 Å². The number of nitro benzene ring substituents is 1. The van der Waals surface area contributed by atoms with Crippen LogP contribution in [-0.4, -0.2) is 26.1 Å². The lowest BCUT2D eigenvalue weighted by Gasteiger charge is -2.19. The van der Waals surface area contributed by atoms with E-state index in [9.17, 15) is 18.5 Å². The van der Waals surface area contributed by atoms with E-state index in [4.69, 9.17) is 11.6 Å². The summed E-state index contributed by atoms with van der Waals surface area (Å²) in [5.41, 5.74) is 0.616. The molecule has 1 aliphatic rings. The SMILES string of the molecule is CS(=O)(=O)c1cccc(NCC2(c3ccccc3Cl)CC2)c1[N+](=O)[O-]. The second-order valence-electron chi connectivity index (χ2n) is 6.30. The molecule has 0 amide bonds. The van der Waals surface area contributed by atoms with E-state index in [1.54, 1.807) is 0 Å². The lowest BCUT2D eigenvalue weighted by atomic mass is 9.95. The summed E-state index contributed by atoms with van der Waals surface area (Å²) >= 11 is 6.28. The first-order valence-corrected chi connectivity index (χ1v) is 9.98. The van der Waals surface area contributed by atoms with Gasteiger partial charge >= 0.3 is 5.69 Å². The number of hydrogen-bond donors (Lipinski definition) is 1. The second-order valence-corrected chi connectivity index (χ2v) is 8.69. The summed E-state index contributed by atoms with van der Waals surface area (Å²) < 4.78 is 23.7. The average Bonchev–Trinajstić information content (AvgIpc) is 3.33. The number of halogens is 1. The van der Waals surface area contributed by atoms with Crippen molar-refractivity contribution in [3.8, 4) is 0 Å². The predicted octanol–water partition coefficient (Wildman–Crippen LogP) is 3.80. The van der Waals surface area contributed by atoms with Crippen LogP contribution in [0.15, 0.2) is 47.4 Å². The van der Waals surface area contributed by atoms with Crippen LogP contribution in [0.25, 0.3) is 0 Å². The molecule has 25 heavy (non-hydrogen) atoms. The number of benzene rings is 2. The number of nitrogens with zero attached hydrogens (tertiary/aromatic N) is 1. The van der Waals surface area contributed by atoms with Crippen molar-refractivity contribution in [1.82, 2.24) is 0 Å².